The number of anilines is 3. The zero-order chi connectivity index (χ0) is 26.1. The van der Waals surface area contributed by atoms with Crippen molar-refractivity contribution in [3.63, 3.8) is 0 Å². The van der Waals surface area contributed by atoms with Crippen LogP contribution in [0.4, 0.5) is 17.6 Å². The minimum Gasteiger partial charge on any atom is -0.360 e. The summed E-state index contributed by atoms with van der Waals surface area (Å²) < 4.78 is 0. The molecular weight excluding hydrogens is 478 g/mol. The summed E-state index contributed by atoms with van der Waals surface area (Å²) in [6, 6.07) is 12.2. The third-order valence-electron chi connectivity index (χ3n) is 7.38. The van der Waals surface area contributed by atoms with Crippen molar-refractivity contribution in [3.8, 4) is 11.3 Å². The Kier molecular flexibility index (Phi) is 6.63. The molecule has 4 aromatic rings. The number of hydrogen-bond acceptors (Lipinski definition) is 8. The number of piperazine rings is 1. The molecule has 1 aliphatic carbocycles. The number of imidazole rings is 1. The maximum absolute atomic E-state index is 12.3. The minimum atomic E-state index is 0.299. The number of carbonyl (C=O) groups excluding carboxylic acids is 1. The van der Waals surface area contributed by atoms with Gasteiger partial charge in [0.15, 0.2) is 0 Å². The summed E-state index contributed by atoms with van der Waals surface area (Å²) in [5, 5.41) is 3.32. The van der Waals surface area contributed by atoms with E-state index >= 15 is 0 Å². The van der Waals surface area contributed by atoms with E-state index < -0.39 is 0 Å². The van der Waals surface area contributed by atoms with E-state index in [0.29, 0.717) is 17.8 Å². The maximum Gasteiger partial charge on any atom is 0.225 e. The Bertz CT molecular complexity index is 1440. The number of aromatic amines is 1. The number of rotatable bonds is 8. The van der Waals surface area contributed by atoms with Gasteiger partial charge in [-0.2, -0.15) is 0 Å². The summed E-state index contributed by atoms with van der Waals surface area (Å²) in [7, 11) is 2.02. The summed E-state index contributed by atoms with van der Waals surface area (Å²) in [6.07, 6.45) is 5.56. The van der Waals surface area contributed by atoms with E-state index in [-0.39, 0.29) is 0 Å². The van der Waals surface area contributed by atoms with E-state index in [9.17, 15) is 4.79 Å². The molecule has 2 N–H and O–H groups in total. The second-order valence-electron chi connectivity index (χ2n) is 10.1. The smallest absolute Gasteiger partial charge is 0.225 e. The average molecular weight is 512 g/mol. The number of hydrogen-bond donors (Lipinski definition) is 2. The van der Waals surface area contributed by atoms with Gasteiger partial charge in [0, 0.05) is 70.1 Å². The lowest BCUT2D eigenvalue weighted by Gasteiger charge is -2.34. The molecule has 6 rings (SSSR count). The molecule has 2 aliphatic rings. The van der Waals surface area contributed by atoms with Gasteiger partial charge in [0.1, 0.15) is 18.0 Å². The van der Waals surface area contributed by atoms with Crippen LogP contribution in [0.3, 0.4) is 0 Å². The van der Waals surface area contributed by atoms with Gasteiger partial charge < -0.3 is 20.1 Å². The predicted molar refractivity (Wildman–Crippen MR) is 148 cm³/mol. The van der Waals surface area contributed by atoms with Crippen molar-refractivity contribution in [3.05, 3.63) is 54.5 Å². The Morgan fingerprint density at radius 1 is 1.08 bits per heavy atom. The normalized spacial score (nSPS) is 16.1. The number of carbonyl (C=O) groups is 1. The van der Waals surface area contributed by atoms with Crippen LogP contribution in [0, 0.1) is 5.92 Å². The van der Waals surface area contributed by atoms with Gasteiger partial charge in [-0.05, 0) is 49.6 Å². The molecule has 1 saturated heterocycles. The SMILES string of the molecule is CCN(C)c1cc(-c2ccc3nc(Nc4cc(CN5CCN(C(=O)C6CC6)CC5)ccn4)[nH]c3c2)ncn1. The highest BCUT2D eigenvalue weighted by atomic mass is 16.2. The van der Waals surface area contributed by atoms with E-state index in [1.165, 1.54) is 5.56 Å². The Morgan fingerprint density at radius 2 is 1.92 bits per heavy atom. The zero-order valence-electron chi connectivity index (χ0n) is 21.9. The van der Waals surface area contributed by atoms with Crippen LogP contribution in [0.2, 0.25) is 0 Å². The first-order valence-corrected chi connectivity index (χ1v) is 13.3. The molecule has 3 aromatic heterocycles. The Labute approximate surface area is 222 Å². The van der Waals surface area contributed by atoms with Gasteiger partial charge in [0.05, 0.1) is 16.7 Å². The van der Waals surface area contributed by atoms with Crippen molar-refractivity contribution >= 4 is 34.5 Å². The standard InChI is InChI=1S/C28H33N9O/c1-3-35(2)26-16-23(30-18-31-26)21-6-7-22-24(15-21)33-28(32-22)34-25-14-19(8-9-29-25)17-36-10-12-37(13-11-36)27(38)20-4-5-20/h6-9,14-16,18,20H,3-5,10-13,17H2,1-2H3,(H2,29,32,33,34). The molecule has 1 aliphatic heterocycles. The highest BCUT2D eigenvalue weighted by Gasteiger charge is 2.34. The third kappa shape index (κ3) is 5.31. The average Bonchev–Trinajstić information content (AvgIpc) is 3.72. The Hall–Kier alpha value is -4.05. The number of benzene rings is 1. The fraction of sp³-hybridized carbons (Fsp3) is 0.393. The molecule has 0 unspecified atom stereocenters. The number of fused-ring (bicyclic) bond motifs is 1. The number of pyridine rings is 1. The van der Waals surface area contributed by atoms with Crippen molar-refractivity contribution in [1.29, 1.82) is 0 Å². The Morgan fingerprint density at radius 3 is 2.71 bits per heavy atom. The lowest BCUT2D eigenvalue weighted by atomic mass is 10.1. The van der Waals surface area contributed by atoms with Crippen LogP contribution in [0.5, 0.6) is 0 Å². The topological polar surface area (TPSA) is 106 Å². The fourth-order valence-corrected chi connectivity index (χ4v) is 4.84. The summed E-state index contributed by atoms with van der Waals surface area (Å²) in [6.45, 7) is 7.24. The summed E-state index contributed by atoms with van der Waals surface area (Å²) in [5.41, 5.74) is 4.84. The molecule has 1 saturated carbocycles. The minimum absolute atomic E-state index is 0.299. The number of nitrogens with one attached hydrogen (secondary N) is 2. The second-order valence-corrected chi connectivity index (χ2v) is 10.1. The van der Waals surface area contributed by atoms with Crippen molar-refractivity contribution in [2.75, 3.05) is 50.0 Å². The molecule has 0 bridgehead atoms. The van der Waals surface area contributed by atoms with Crippen LogP contribution < -0.4 is 10.2 Å². The highest BCUT2D eigenvalue weighted by Crippen LogP contribution is 2.31. The largest absolute Gasteiger partial charge is 0.360 e. The molecular formula is C28H33N9O. The highest BCUT2D eigenvalue weighted by molar-refractivity contribution is 5.83. The molecule has 4 heterocycles. The monoisotopic (exact) mass is 511 g/mol. The van der Waals surface area contributed by atoms with Crippen molar-refractivity contribution in [1.82, 2.24) is 34.7 Å². The van der Waals surface area contributed by atoms with E-state index in [1.54, 1.807) is 6.33 Å². The second kappa shape index (κ2) is 10.4. The first-order chi connectivity index (χ1) is 18.6. The van der Waals surface area contributed by atoms with Crippen molar-refractivity contribution in [2.45, 2.75) is 26.3 Å². The van der Waals surface area contributed by atoms with Gasteiger partial charge >= 0.3 is 0 Å². The first-order valence-electron chi connectivity index (χ1n) is 13.3. The van der Waals surface area contributed by atoms with E-state index in [4.69, 9.17) is 4.98 Å². The quantitative estimate of drug-likeness (QED) is 0.369. The van der Waals surface area contributed by atoms with E-state index in [1.807, 2.05) is 42.4 Å². The molecule has 0 atom stereocenters. The van der Waals surface area contributed by atoms with Gasteiger partial charge in [-0.15, -0.1) is 0 Å². The van der Waals surface area contributed by atoms with Gasteiger partial charge in [-0.25, -0.2) is 19.9 Å². The lowest BCUT2D eigenvalue weighted by Crippen LogP contribution is -2.48. The van der Waals surface area contributed by atoms with Crippen LogP contribution in [-0.4, -0.2) is 80.4 Å². The molecule has 38 heavy (non-hydrogen) atoms. The van der Waals surface area contributed by atoms with Crippen molar-refractivity contribution in [2.24, 2.45) is 5.92 Å². The summed E-state index contributed by atoms with van der Waals surface area (Å²) in [4.78, 5) is 40.2. The van der Waals surface area contributed by atoms with Crippen LogP contribution in [0.15, 0.2) is 48.9 Å². The fourth-order valence-electron chi connectivity index (χ4n) is 4.84. The summed E-state index contributed by atoms with van der Waals surface area (Å²) >= 11 is 0. The molecule has 1 aromatic carbocycles. The number of H-pyrrole nitrogens is 1. The number of nitrogens with zero attached hydrogens (tertiary/aromatic N) is 7. The first kappa shape index (κ1) is 24.3. The molecule has 0 spiro atoms. The maximum atomic E-state index is 12.3. The van der Waals surface area contributed by atoms with Crippen LogP contribution >= 0.6 is 0 Å². The molecule has 196 valence electrons. The summed E-state index contributed by atoms with van der Waals surface area (Å²) in [5.74, 6) is 2.93. The molecule has 2 fully saturated rings. The third-order valence-corrected chi connectivity index (χ3v) is 7.38. The lowest BCUT2D eigenvalue weighted by molar-refractivity contribution is -0.134. The van der Waals surface area contributed by atoms with Gasteiger partial charge in [-0.3, -0.25) is 9.69 Å². The number of aromatic nitrogens is 5. The van der Waals surface area contributed by atoms with Gasteiger partial charge in [0.2, 0.25) is 11.9 Å². The van der Waals surface area contributed by atoms with Crippen molar-refractivity contribution < 1.29 is 4.79 Å². The van der Waals surface area contributed by atoms with Crippen LogP contribution in [0.25, 0.3) is 22.3 Å². The molecule has 0 radical (unpaired) electrons. The van der Waals surface area contributed by atoms with Gasteiger partial charge in [0.25, 0.3) is 0 Å². The van der Waals surface area contributed by atoms with Gasteiger partial charge in [-0.1, -0.05) is 6.07 Å². The predicted octanol–water partition coefficient (Wildman–Crippen LogP) is 3.67. The number of amides is 1. The molecule has 1 amide bonds. The van der Waals surface area contributed by atoms with E-state index in [0.717, 1.165) is 86.0 Å². The Balaban J connectivity index is 1.11. The molecule has 10 nitrogen and oxygen atoms in total. The zero-order valence-corrected chi connectivity index (χ0v) is 21.9. The molecule has 10 heteroatoms. The van der Waals surface area contributed by atoms with Crippen LogP contribution in [0.1, 0.15) is 25.3 Å². The van der Waals surface area contributed by atoms with Crippen LogP contribution in [-0.2, 0) is 11.3 Å². The van der Waals surface area contributed by atoms with E-state index in [2.05, 4.69) is 54.1 Å².